The Morgan fingerprint density at radius 3 is 1.79 bits per heavy atom. The van der Waals surface area contributed by atoms with Crippen LogP contribution in [0.1, 0.15) is 0 Å². The molecule has 6 atom stereocenters. The molecule has 18 nitrogen and oxygen atoms in total. The smallest absolute Gasteiger partial charge is 0.317 e. The zero-order valence-electron chi connectivity index (χ0n) is 16.9. The Labute approximate surface area is 184 Å². The standard InChI is InChI=1S/C15H20N12O6/c28-11-17-5(20-33)7-16-1-21-9-10-26(14(21)31)3-23-8-6(18-12(23)29)19-13(30)24(8)4-27(10)15(32)25(9)2-22(7)11/h5-10,16,20,33H,1-4H2,(H,17,28)(H,18,29)(H,19,30). The predicted octanol–water partition coefficient (Wildman–Crippen LogP) is -4.08. The third kappa shape index (κ3) is 2.14. The Morgan fingerprint density at radius 2 is 1.18 bits per heavy atom. The lowest BCUT2D eigenvalue weighted by atomic mass is 10.3. The molecule has 0 radical (unpaired) electrons. The van der Waals surface area contributed by atoms with Gasteiger partial charge in [-0.25, -0.2) is 24.0 Å². The quantitative estimate of drug-likeness (QED) is 0.211. The van der Waals surface area contributed by atoms with E-state index >= 15 is 0 Å². The normalized spacial score (nSPS) is 38.6. The maximum atomic E-state index is 13.6. The maximum Gasteiger partial charge on any atom is 0.326 e. The number of nitrogens with one attached hydrogen (secondary N) is 5. The molecule has 0 aromatic carbocycles. The molecule has 7 rings (SSSR count). The summed E-state index contributed by atoms with van der Waals surface area (Å²) in [5.74, 6) is 0. The summed E-state index contributed by atoms with van der Waals surface area (Å²) >= 11 is 0. The third-order valence-electron chi connectivity index (χ3n) is 7.26. The summed E-state index contributed by atoms with van der Waals surface area (Å²) in [5, 5.41) is 20.4. The van der Waals surface area contributed by atoms with Crippen molar-refractivity contribution in [2.45, 2.75) is 37.0 Å². The fourth-order valence-corrected chi connectivity index (χ4v) is 5.81. The molecule has 7 aliphatic heterocycles. The van der Waals surface area contributed by atoms with Gasteiger partial charge >= 0.3 is 30.2 Å². The molecule has 10 amide bonds. The van der Waals surface area contributed by atoms with Crippen molar-refractivity contribution in [1.29, 1.82) is 0 Å². The molecule has 0 aliphatic carbocycles. The van der Waals surface area contributed by atoms with E-state index in [0.29, 0.717) is 0 Å². The Morgan fingerprint density at radius 1 is 0.667 bits per heavy atom. The summed E-state index contributed by atoms with van der Waals surface area (Å²) in [5.41, 5.74) is 2.01. The molecule has 0 spiro atoms. The summed E-state index contributed by atoms with van der Waals surface area (Å²) in [7, 11) is 0. The van der Waals surface area contributed by atoms with Gasteiger partial charge in [-0.1, -0.05) is 0 Å². The zero-order valence-corrected chi connectivity index (χ0v) is 16.9. The number of nitrogens with zero attached hydrogens (tertiary/aromatic N) is 7. The molecule has 7 aliphatic rings. The van der Waals surface area contributed by atoms with Crippen molar-refractivity contribution in [3.8, 4) is 0 Å². The van der Waals surface area contributed by atoms with Gasteiger partial charge in [0.25, 0.3) is 0 Å². The average molecular weight is 464 g/mol. The highest BCUT2D eigenvalue weighted by molar-refractivity contribution is 5.89. The number of rotatable bonds is 1. The van der Waals surface area contributed by atoms with Gasteiger partial charge in [-0.15, -0.1) is 0 Å². The molecule has 176 valence electrons. The minimum atomic E-state index is -0.856. The molecule has 0 aromatic heterocycles. The average Bonchev–Trinajstić information content (AvgIpc) is 3.45. The highest BCUT2D eigenvalue weighted by atomic mass is 16.5. The molecule has 7 fully saturated rings. The van der Waals surface area contributed by atoms with Gasteiger partial charge in [0.15, 0.2) is 18.5 Å². The summed E-state index contributed by atoms with van der Waals surface area (Å²) in [6, 6.07) is -2.22. The van der Waals surface area contributed by atoms with Crippen LogP contribution in [0.3, 0.4) is 0 Å². The molecule has 7 heterocycles. The van der Waals surface area contributed by atoms with Crippen LogP contribution in [-0.4, -0.2) is 133 Å². The van der Waals surface area contributed by atoms with Crippen molar-refractivity contribution in [1.82, 2.24) is 61.0 Å². The topological polar surface area (TPSA) is 188 Å². The minimum absolute atomic E-state index is 0.0229. The number of amides is 10. The van der Waals surface area contributed by atoms with Gasteiger partial charge < -0.3 is 21.2 Å². The molecule has 0 aromatic rings. The van der Waals surface area contributed by atoms with Crippen LogP contribution in [-0.2, 0) is 0 Å². The SMILES string of the molecule is O=C1NC(NO)C2NCN3C(=O)N4CN5C(=O)NC6NC(=O)N(CN7C(=O)N(CN12)C3C47)C65. The molecule has 18 heteroatoms. The molecular formula is C15H20N12O6. The monoisotopic (exact) mass is 464 g/mol. The van der Waals surface area contributed by atoms with Crippen LogP contribution in [0.5, 0.6) is 0 Å². The molecule has 7 saturated heterocycles. The minimum Gasteiger partial charge on any atom is -0.317 e. The molecule has 6 N–H and O–H groups in total. The van der Waals surface area contributed by atoms with Crippen molar-refractivity contribution in [2.75, 3.05) is 26.7 Å². The van der Waals surface area contributed by atoms with Crippen LogP contribution in [0.15, 0.2) is 0 Å². The van der Waals surface area contributed by atoms with Crippen molar-refractivity contribution in [2.24, 2.45) is 0 Å². The second-order valence-electron chi connectivity index (χ2n) is 8.76. The predicted molar refractivity (Wildman–Crippen MR) is 99.5 cm³/mol. The van der Waals surface area contributed by atoms with Gasteiger partial charge in [0.05, 0.1) is 6.67 Å². The highest BCUT2D eigenvalue weighted by Gasteiger charge is 2.65. The van der Waals surface area contributed by atoms with Crippen molar-refractivity contribution >= 4 is 30.2 Å². The highest BCUT2D eigenvalue weighted by Crippen LogP contribution is 2.39. The first-order chi connectivity index (χ1) is 15.9. The lowest BCUT2D eigenvalue weighted by Crippen LogP contribution is -2.63. The summed E-state index contributed by atoms with van der Waals surface area (Å²) < 4.78 is 0. The fourth-order valence-electron chi connectivity index (χ4n) is 5.81. The van der Waals surface area contributed by atoms with E-state index < -0.39 is 67.2 Å². The first kappa shape index (κ1) is 18.8. The van der Waals surface area contributed by atoms with E-state index in [9.17, 15) is 29.2 Å². The second kappa shape index (κ2) is 5.97. The number of hydroxylamine groups is 1. The van der Waals surface area contributed by atoms with Gasteiger partial charge in [-0.2, -0.15) is 5.48 Å². The van der Waals surface area contributed by atoms with E-state index in [1.807, 2.05) is 5.48 Å². The van der Waals surface area contributed by atoms with Gasteiger partial charge in [-0.05, 0) is 0 Å². The van der Waals surface area contributed by atoms with E-state index in [4.69, 9.17) is 0 Å². The van der Waals surface area contributed by atoms with Crippen LogP contribution in [0.4, 0.5) is 24.0 Å². The Kier molecular flexibility index (Phi) is 3.39. The van der Waals surface area contributed by atoms with Crippen LogP contribution in [0.2, 0.25) is 0 Å². The van der Waals surface area contributed by atoms with Crippen molar-refractivity contribution < 1.29 is 29.2 Å². The van der Waals surface area contributed by atoms with E-state index in [2.05, 4.69) is 21.3 Å². The van der Waals surface area contributed by atoms with Crippen LogP contribution >= 0.6 is 0 Å². The number of urea groups is 5. The Balaban J connectivity index is 1.30. The fraction of sp³-hybridized carbons (Fsp3) is 0.667. The molecule has 0 bridgehead atoms. The second-order valence-corrected chi connectivity index (χ2v) is 8.76. The summed E-state index contributed by atoms with van der Waals surface area (Å²) in [4.78, 5) is 74.5. The third-order valence-corrected chi connectivity index (χ3v) is 7.26. The van der Waals surface area contributed by atoms with Gasteiger partial charge in [0.2, 0.25) is 0 Å². The molecule has 6 unspecified atom stereocenters. The number of hydrogen-bond acceptors (Lipinski definition) is 8. The van der Waals surface area contributed by atoms with Crippen LogP contribution in [0, 0.1) is 0 Å². The number of carbonyl (C=O) groups is 5. The largest absolute Gasteiger partial charge is 0.326 e. The molecule has 0 saturated carbocycles. The van der Waals surface area contributed by atoms with Crippen molar-refractivity contribution in [3.63, 3.8) is 0 Å². The summed E-state index contributed by atoms with van der Waals surface area (Å²) in [6.07, 6.45) is -4.47. The van der Waals surface area contributed by atoms with E-state index in [1.54, 1.807) is 0 Å². The van der Waals surface area contributed by atoms with Gasteiger partial charge in [-0.3, -0.25) is 39.6 Å². The van der Waals surface area contributed by atoms with Gasteiger partial charge in [0.1, 0.15) is 38.5 Å². The Bertz CT molecular complexity index is 1010. The number of fused-ring (bicyclic) bond motifs is 1. The van der Waals surface area contributed by atoms with E-state index in [1.165, 1.54) is 34.3 Å². The first-order valence-electron chi connectivity index (χ1n) is 10.4. The molecular weight excluding hydrogens is 444 g/mol. The van der Waals surface area contributed by atoms with E-state index in [0.717, 1.165) is 0 Å². The zero-order chi connectivity index (χ0) is 22.8. The summed E-state index contributed by atoms with van der Waals surface area (Å²) in [6.45, 7) is -0.444. The number of hydrogen-bond donors (Lipinski definition) is 6. The van der Waals surface area contributed by atoms with Crippen LogP contribution in [0.25, 0.3) is 0 Å². The molecule has 33 heavy (non-hydrogen) atoms. The van der Waals surface area contributed by atoms with Crippen molar-refractivity contribution in [3.05, 3.63) is 0 Å². The maximum absolute atomic E-state index is 13.6. The van der Waals surface area contributed by atoms with E-state index in [-0.39, 0.29) is 26.7 Å². The first-order valence-corrected chi connectivity index (χ1v) is 10.4. The van der Waals surface area contributed by atoms with Crippen LogP contribution < -0.4 is 26.7 Å². The lowest BCUT2D eigenvalue weighted by Gasteiger charge is -2.41. The lowest BCUT2D eigenvalue weighted by molar-refractivity contribution is -0.00395. The Hall–Kier alpha value is -3.77. The number of carbonyl (C=O) groups excluding carboxylic acids is 5. The van der Waals surface area contributed by atoms with Gasteiger partial charge in [0, 0.05) is 0 Å².